The maximum atomic E-state index is 10.7. The van der Waals surface area contributed by atoms with Crippen molar-refractivity contribution in [1.29, 1.82) is 0 Å². The Morgan fingerprint density at radius 3 is 2.17 bits per heavy atom. The largest absolute Gasteiger partial charge is 0.481 e. The van der Waals surface area contributed by atoms with Crippen LogP contribution in [0.4, 0.5) is 0 Å². The second-order valence-electron chi connectivity index (χ2n) is 5.33. The van der Waals surface area contributed by atoms with Crippen molar-refractivity contribution in [2.45, 2.75) is 39.7 Å². The van der Waals surface area contributed by atoms with Crippen molar-refractivity contribution in [3.05, 3.63) is 35.4 Å². The van der Waals surface area contributed by atoms with Gasteiger partial charge in [-0.2, -0.15) is 0 Å². The highest BCUT2D eigenvalue weighted by atomic mass is 16.4. The van der Waals surface area contributed by atoms with Gasteiger partial charge in [0, 0.05) is 0 Å². The molecule has 0 fully saturated rings. The Morgan fingerprint density at radius 2 is 1.72 bits per heavy atom. The van der Waals surface area contributed by atoms with Gasteiger partial charge in [0.15, 0.2) is 0 Å². The highest BCUT2D eigenvalue weighted by molar-refractivity contribution is 5.69. The molecule has 0 bridgehead atoms. The van der Waals surface area contributed by atoms with Gasteiger partial charge in [-0.25, -0.2) is 0 Å². The molecule has 0 radical (unpaired) electrons. The molecular weight excluding hydrogens is 228 g/mol. The van der Waals surface area contributed by atoms with Gasteiger partial charge in [-0.1, -0.05) is 45.0 Å². The number of aliphatic hydroxyl groups excluding tert-OH is 1. The monoisotopic (exact) mass is 250 g/mol. The van der Waals surface area contributed by atoms with Crippen LogP contribution in [0.15, 0.2) is 24.3 Å². The summed E-state index contributed by atoms with van der Waals surface area (Å²) in [6, 6.07) is 7.78. The minimum absolute atomic E-state index is 0.249. The average Bonchev–Trinajstić information content (AvgIpc) is 2.28. The van der Waals surface area contributed by atoms with Crippen LogP contribution in [0.5, 0.6) is 0 Å². The summed E-state index contributed by atoms with van der Waals surface area (Å²) in [4.78, 5) is 10.7. The molecule has 18 heavy (non-hydrogen) atoms. The molecule has 3 heteroatoms. The van der Waals surface area contributed by atoms with E-state index in [1.165, 1.54) is 5.56 Å². The lowest BCUT2D eigenvalue weighted by molar-refractivity contribution is -0.142. The van der Waals surface area contributed by atoms with Gasteiger partial charge in [0.05, 0.1) is 12.0 Å². The molecule has 1 rings (SSSR count). The van der Waals surface area contributed by atoms with Crippen molar-refractivity contribution < 1.29 is 15.0 Å². The number of rotatable bonds is 6. The van der Waals surface area contributed by atoms with Crippen molar-refractivity contribution in [3.8, 4) is 0 Å². The molecule has 1 aromatic carbocycles. The Hall–Kier alpha value is -1.35. The molecule has 3 nitrogen and oxygen atoms in total. The molecule has 1 aromatic rings. The molecular formula is C15H22O3. The zero-order chi connectivity index (χ0) is 13.7. The number of carboxylic acid groups (broad SMARTS) is 1. The number of hydrogen-bond donors (Lipinski definition) is 2. The van der Waals surface area contributed by atoms with Crippen molar-refractivity contribution in [3.63, 3.8) is 0 Å². The van der Waals surface area contributed by atoms with Crippen LogP contribution < -0.4 is 0 Å². The second-order valence-corrected chi connectivity index (χ2v) is 5.33. The quantitative estimate of drug-likeness (QED) is 0.816. The third-order valence-electron chi connectivity index (χ3n) is 3.01. The number of aliphatic hydroxyl groups is 1. The van der Waals surface area contributed by atoms with E-state index in [0.29, 0.717) is 5.92 Å². The van der Waals surface area contributed by atoms with Crippen molar-refractivity contribution in [2.24, 2.45) is 11.8 Å². The molecule has 2 N–H and O–H groups in total. The summed E-state index contributed by atoms with van der Waals surface area (Å²) >= 11 is 0. The van der Waals surface area contributed by atoms with Crippen molar-refractivity contribution in [1.82, 2.24) is 0 Å². The van der Waals surface area contributed by atoms with E-state index >= 15 is 0 Å². The number of carbonyl (C=O) groups is 1. The van der Waals surface area contributed by atoms with Gasteiger partial charge in [0.1, 0.15) is 0 Å². The number of aliphatic carboxylic acids is 1. The molecule has 0 amide bonds. The zero-order valence-electron chi connectivity index (χ0n) is 11.3. The van der Waals surface area contributed by atoms with E-state index in [9.17, 15) is 9.90 Å². The fraction of sp³-hybridized carbons (Fsp3) is 0.533. The Labute approximate surface area is 108 Å². The van der Waals surface area contributed by atoms with E-state index in [1.54, 1.807) is 6.92 Å². The highest BCUT2D eigenvalue weighted by Gasteiger charge is 2.17. The van der Waals surface area contributed by atoms with Crippen molar-refractivity contribution >= 4 is 5.97 Å². The van der Waals surface area contributed by atoms with Crippen LogP contribution in [-0.4, -0.2) is 16.2 Å². The van der Waals surface area contributed by atoms with Crippen LogP contribution in [0.2, 0.25) is 0 Å². The average molecular weight is 250 g/mol. The first-order valence-corrected chi connectivity index (χ1v) is 6.39. The topological polar surface area (TPSA) is 57.5 Å². The highest BCUT2D eigenvalue weighted by Crippen LogP contribution is 2.22. The van der Waals surface area contributed by atoms with Gasteiger partial charge in [0.25, 0.3) is 0 Å². The third-order valence-corrected chi connectivity index (χ3v) is 3.01. The van der Waals surface area contributed by atoms with E-state index in [4.69, 9.17) is 5.11 Å². The van der Waals surface area contributed by atoms with Crippen LogP contribution in [0.1, 0.15) is 44.4 Å². The molecule has 0 aromatic heterocycles. The van der Waals surface area contributed by atoms with Crippen LogP contribution in [0.25, 0.3) is 0 Å². The molecule has 2 atom stereocenters. The molecule has 0 spiro atoms. The van der Waals surface area contributed by atoms with Crippen LogP contribution in [0.3, 0.4) is 0 Å². The molecule has 0 aliphatic heterocycles. The van der Waals surface area contributed by atoms with Gasteiger partial charge in [-0.05, 0) is 29.9 Å². The Kier molecular flexibility index (Phi) is 5.35. The van der Waals surface area contributed by atoms with Crippen LogP contribution >= 0.6 is 0 Å². The summed E-state index contributed by atoms with van der Waals surface area (Å²) in [5.41, 5.74) is 2.03. The van der Waals surface area contributed by atoms with Gasteiger partial charge < -0.3 is 10.2 Å². The molecule has 100 valence electrons. The summed E-state index contributed by atoms with van der Waals surface area (Å²) in [6.07, 6.45) is 0.560. The van der Waals surface area contributed by atoms with E-state index < -0.39 is 18.0 Å². The predicted molar refractivity (Wildman–Crippen MR) is 71.4 cm³/mol. The SMILES string of the molecule is CC(C)Cc1ccc(C(O)CC(C)C(=O)O)cc1. The molecule has 0 heterocycles. The summed E-state index contributed by atoms with van der Waals surface area (Å²) in [5.74, 6) is -0.798. The predicted octanol–water partition coefficient (Wildman–Crippen LogP) is 3.03. The minimum Gasteiger partial charge on any atom is -0.481 e. The fourth-order valence-electron chi connectivity index (χ4n) is 1.92. The molecule has 0 saturated carbocycles. The lowest BCUT2D eigenvalue weighted by Crippen LogP contribution is -2.13. The number of benzene rings is 1. The Bertz CT molecular complexity index is 381. The van der Waals surface area contributed by atoms with E-state index in [2.05, 4.69) is 13.8 Å². The molecule has 0 aliphatic carbocycles. The van der Waals surface area contributed by atoms with Crippen molar-refractivity contribution in [2.75, 3.05) is 0 Å². The first-order chi connectivity index (χ1) is 8.40. The van der Waals surface area contributed by atoms with Gasteiger partial charge in [-0.15, -0.1) is 0 Å². The molecule has 2 unspecified atom stereocenters. The summed E-state index contributed by atoms with van der Waals surface area (Å²) in [7, 11) is 0. The maximum Gasteiger partial charge on any atom is 0.306 e. The van der Waals surface area contributed by atoms with E-state index in [1.807, 2.05) is 24.3 Å². The summed E-state index contributed by atoms with van der Waals surface area (Å²) in [6.45, 7) is 5.94. The normalized spacial score (nSPS) is 14.5. The second kappa shape index (κ2) is 6.55. The lowest BCUT2D eigenvalue weighted by atomic mass is 9.96. The summed E-state index contributed by atoms with van der Waals surface area (Å²) in [5, 5.41) is 18.8. The molecule has 0 saturated heterocycles. The van der Waals surface area contributed by atoms with E-state index in [0.717, 1.165) is 12.0 Å². The van der Waals surface area contributed by atoms with Crippen LogP contribution in [0, 0.1) is 11.8 Å². The standard InChI is InChI=1S/C15H22O3/c1-10(2)8-12-4-6-13(7-5-12)14(16)9-11(3)15(17)18/h4-7,10-11,14,16H,8-9H2,1-3H3,(H,17,18). The lowest BCUT2D eigenvalue weighted by Gasteiger charge is -2.14. The number of carboxylic acids is 1. The smallest absolute Gasteiger partial charge is 0.306 e. The van der Waals surface area contributed by atoms with Crippen LogP contribution in [-0.2, 0) is 11.2 Å². The first-order valence-electron chi connectivity index (χ1n) is 6.39. The zero-order valence-corrected chi connectivity index (χ0v) is 11.3. The van der Waals surface area contributed by atoms with Gasteiger partial charge in [0.2, 0.25) is 0 Å². The first kappa shape index (κ1) is 14.7. The third kappa shape index (κ3) is 4.49. The van der Waals surface area contributed by atoms with E-state index in [-0.39, 0.29) is 6.42 Å². The summed E-state index contributed by atoms with van der Waals surface area (Å²) < 4.78 is 0. The Morgan fingerprint density at radius 1 is 1.17 bits per heavy atom. The van der Waals surface area contributed by atoms with Gasteiger partial charge in [-0.3, -0.25) is 4.79 Å². The maximum absolute atomic E-state index is 10.7. The fourth-order valence-corrected chi connectivity index (χ4v) is 1.92. The Balaban J connectivity index is 2.64. The number of hydrogen-bond acceptors (Lipinski definition) is 2. The van der Waals surface area contributed by atoms with Gasteiger partial charge >= 0.3 is 5.97 Å². The minimum atomic E-state index is -0.870. The molecule has 0 aliphatic rings.